The Labute approximate surface area is 119 Å². The molecule has 0 saturated carbocycles. The van der Waals surface area contributed by atoms with Crippen molar-refractivity contribution >= 4 is 11.0 Å². The monoisotopic (exact) mass is 265 g/mol. The molecule has 0 radical (unpaired) electrons. The molecular weight excluding hydrogens is 246 g/mol. The van der Waals surface area contributed by atoms with Crippen molar-refractivity contribution < 1.29 is 0 Å². The lowest BCUT2D eigenvalue weighted by Gasteiger charge is -2.12. The minimum Gasteiger partial charge on any atom is -0.309 e. The fourth-order valence-electron chi connectivity index (χ4n) is 2.43. The number of imidazole rings is 1. The molecule has 20 heavy (non-hydrogen) atoms. The van der Waals surface area contributed by atoms with Crippen LogP contribution in [0.1, 0.15) is 5.82 Å². The molecule has 1 heterocycles. The molecular formula is C17H19N3. The summed E-state index contributed by atoms with van der Waals surface area (Å²) in [6, 6.07) is 18.8. The van der Waals surface area contributed by atoms with E-state index >= 15 is 0 Å². The van der Waals surface area contributed by atoms with Crippen molar-refractivity contribution in [1.29, 1.82) is 0 Å². The fourth-order valence-corrected chi connectivity index (χ4v) is 2.43. The van der Waals surface area contributed by atoms with Gasteiger partial charge in [0.1, 0.15) is 5.82 Å². The molecule has 2 aromatic carbocycles. The molecule has 0 aliphatic heterocycles. The molecule has 0 aliphatic rings. The quantitative estimate of drug-likeness (QED) is 0.722. The minimum atomic E-state index is 0.941. The summed E-state index contributed by atoms with van der Waals surface area (Å²) in [7, 11) is 4.19. The van der Waals surface area contributed by atoms with Gasteiger partial charge < -0.3 is 4.90 Å². The molecule has 3 nitrogen and oxygen atoms in total. The van der Waals surface area contributed by atoms with Crippen molar-refractivity contribution in [1.82, 2.24) is 14.5 Å². The van der Waals surface area contributed by atoms with Gasteiger partial charge in [-0.25, -0.2) is 4.98 Å². The Morgan fingerprint density at radius 2 is 1.65 bits per heavy atom. The zero-order chi connectivity index (χ0) is 13.9. The second-order valence-corrected chi connectivity index (χ2v) is 5.24. The van der Waals surface area contributed by atoms with E-state index in [0.717, 1.165) is 24.3 Å². The Bertz CT molecular complexity index is 699. The van der Waals surface area contributed by atoms with E-state index in [1.54, 1.807) is 0 Å². The molecule has 0 unspecified atom stereocenters. The number of para-hydroxylation sites is 3. The van der Waals surface area contributed by atoms with Crippen LogP contribution < -0.4 is 0 Å². The Morgan fingerprint density at radius 1 is 0.950 bits per heavy atom. The number of benzene rings is 2. The van der Waals surface area contributed by atoms with E-state index in [2.05, 4.69) is 66.0 Å². The zero-order valence-corrected chi connectivity index (χ0v) is 12.0. The lowest BCUT2D eigenvalue weighted by molar-refractivity contribution is 0.409. The van der Waals surface area contributed by atoms with Gasteiger partial charge in [0.15, 0.2) is 0 Å². The zero-order valence-electron chi connectivity index (χ0n) is 12.0. The van der Waals surface area contributed by atoms with Gasteiger partial charge in [-0.3, -0.25) is 4.57 Å². The van der Waals surface area contributed by atoms with Crippen LogP contribution in [0.5, 0.6) is 0 Å². The maximum Gasteiger partial charge on any atom is 0.115 e. The number of nitrogens with zero attached hydrogens (tertiary/aromatic N) is 3. The topological polar surface area (TPSA) is 21.1 Å². The van der Waals surface area contributed by atoms with E-state index < -0.39 is 0 Å². The van der Waals surface area contributed by atoms with Gasteiger partial charge >= 0.3 is 0 Å². The molecule has 0 spiro atoms. The predicted molar refractivity (Wildman–Crippen MR) is 83.3 cm³/mol. The van der Waals surface area contributed by atoms with Gasteiger partial charge in [0.05, 0.1) is 11.0 Å². The summed E-state index contributed by atoms with van der Waals surface area (Å²) in [6.45, 7) is 0.996. The molecule has 102 valence electrons. The highest BCUT2D eigenvalue weighted by atomic mass is 15.1. The lowest BCUT2D eigenvalue weighted by Crippen LogP contribution is -2.17. The van der Waals surface area contributed by atoms with E-state index in [-0.39, 0.29) is 0 Å². The van der Waals surface area contributed by atoms with Crippen LogP contribution in [0.3, 0.4) is 0 Å². The maximum absolute atomic E-state index is 4.80. The van der Waals surface area contributed by atoms with Gasteiger partial charge in [0.2, 0.25) is 0 Å². The number of likely N-dealkylation sites (N-methyl/N-ethyl adjacent to an activating group) is 1. The molecule has 0 atom stereocenters. The summed E-state index contributed by atoms with van der Waals surface area (Å²) in [5.41, 5.74) is 3.41. The van der Waals surface area contributed by atoms with Crippen LogP contribution in [0.4, 0.5) is 0 Å². The first-order chi connectivity index (χ1) is 9.75. The van der Waals surface area contributed by atoms with Gasteiger partial charge in [-0.05, 0) is 38.4 Å². The molecule has 0 fully saturated rings. The van der Waals surface area contributed by atoms with Crippen LogP contribution >= 0.6 is 0 Å². The van der Waals surface area contributed by atoms with Crippen LogP contribution in [0.25, 0.3) is 16.7 Å². The molecule has 3 aromatic rings. The van der Waals surface area contributed by atoms with Crippen LogP contribution in [-0.2, 0) is 6.42 Å². The van der Waals surface area contributed by atoms with E-state index in [1.807, 2.05) is 12.1 Å². The maximum atomic E-state index is 4.80. The third kappa shape index (κ3) is 2.45. The van der Waals surface area contributed by atoms with Crippen LogP contribution in [0.15, 0.2) is 54.6 Å². The molecule has 0 amide bonds. The van der Waals surface area contributed by atoms with Crippen LogP contribution in [-0.4, -0.2) is 35.1 Å². The Morgan fingerprint density at radius 3 is 2.40 bits per heavy atom. The van der Waals surface area contributed by atoms with Crippen LogP contribution in [0.2, 0.25) is 0 Å². The van der Waals surface area contributed by atoms with E-state index in [4.69, 9.17) is 4.98 Å². The minimum absolute atomic E-state index is 0.941. The normalized spacial score (nSPS) is 11.3. The second kappa shape index (κ2) is 5.47. The van der Waals surface area contributed by atoms with Crippen LogP contribution in [0, 0.1) is 0 Å². The summed E-state index contributed by atoms with van der Waals surface area (Å²) in [4.78, 5) is 6.99. The summed E-state index contributed by atoms with van der Waals surface area (Å²) >= 11 is 0. The van der Waals surface area contributed by atoms with Gasteiger partial charge in [-0.2, -0.15) is 0 Å². The number of hydrogen-bond acceptors (Lipinski definition) is 2. The summed E-state index contributed by atoms with van der Waals surface area (Å²) in [5.74, 6) is 1.12. The summed E-state index contributed by atoms with van der Waals surface area (Å²) < 4.78 is 2.26. The standard InChI is InChI=1S/C17H19N3/c1-19(2)13-12-17-18-15-10-6-7-11-16(15)20(17)14-8-4-3-5-9-14/h3-11H,12-13H2,1-2H3. The van der Waals surface area contributed by atoms with Crippen molar-refractivity contribution in [3.8, 4) is 5.69 Å². The summed E-state index contributed by atoms with van der Waals surface area (Å²) in [5, 5.41) is 0. The number of hydrogen-bond donors (Lipinski definition) is 0. The molecule has 3 heteroatoms. The molecule has 1 aromatic heterocycles. The number of fused-ring (bicyclic) bond motifs is 1. The average Bonchev–Trinajstić information content (AvgIpc) is 2.84. The first-order valence-corrected chi connectivity index (χ1v) is 6.92. The van der Waals surface area contributed by atoms with Crippen molar-refractivity contribution in [3.63, 3.8) is 0 Å². The largest absolute Gasteiger partial charge is 0.309 e. The van der Waals surface area contributed by atoms with Crippen molar-refractivity contribution in [2.75, 3.05) is 20.6 Å². The molecule has 0 bridgehead atoms. The third-order valence-corrected chi connectivity index (χ3v) is 3.43. The Hall–Kier alpha value is -2.13. The second-order valence-electron chi connectivity index (χ2n) is 5.24. The van der Waals surface area contributed by atoms with Crippen molar-refractivity contribution in [2.24, 2.45) is 0 Å². The highest BCUT2D eigenvalue weighted by Crippen LogP contribution is 2.21. The SMILES string of the molecule is CN(C)CCc1nc2ccccc2n1-c1ccccc1. The Balaban J connectivity index is 2.13. The van der Waals surface area contributed by atoms with Gasteiger partial charge in [0.25, 0.3) is 0 Å². The molecule has 3 rings (SSSR count). The first-order valence-electron chi connectivity index (χ1n) is 6.92. The van der Waals surface area contributed by atoms with Gasteiger partial charge in [-0.1, -0.05) is 30.3 Å². The highest BCUT2D eigenvalue weighted by molar-refractivity contribution is 5.78. The number of rotatable bonds is 4. The Kier molecular flexibility index (Phi) is 3.52. The third-order valence-electron chi connectivity index (χ3n) is 3.43. The van der Waals surface area contributed by atoms with Crippen molar-refractivity contribution in [2.45, 2.75) is 6.42 Å². The predicted octanol–water partition coefficient (Wildman–Crippen LogP) is 3.13. The van der Waals surface area contributed by atoms with E-state index in [1.165, 1.54) is 11.2 Å². The van der Waals surface area contributed by atoms with E-state index in [9.17, 15) is 0 Å². The summed E-state index contributed by atoms with van der Waals surface area (Å²) in [6.07, 6.45) is 0.941. The highest BCUT2D eigenvalue weighted by Gasteiger charge is 2.11. The lowest BCUT2D eigenvalue weighted by atomic mass is 10.2. The van der Waals surface area contributed by atoms with Gasteiger partial charge in [0, 0.05) is 18.7 Å². The average molecular weight is 265 g/mol. The fraction of sp³-hybridized carbons (Fsp3) is 0.235. The number of aromatic nitrogens is 2. The molecule has 0 saturated heterocycles. The van der Waals surface area contributed by atoms with E-state index in [0.29, 0.717) is 0 Å². The molecule has 0 N–H and O–H groups in total. The van der Waals surface area contributed by atoms with Gasteiger partial charge in [-0.15, -0.1) is 0 Å². The smallest absolute Gasteiger partial charge is 0.115 e. The molecule has 0 aliphatic carbocycles. The first kappa shape index (κ1) is 12.9. The van der Waals surface area contributed by atoms with Crippen molar-refractivity contribution in [3.05, 3.63) is 60.4 Å².